The molecule has 0 fully saturated rings. The Kier molecular flexibility index (Phi) is 4.60. The normalized spacial score (nSPS) is 21.6. The Morgan fingerprint density at radius 1 is 1.12 bits per heavy atom. The molecule has 0 aromatic heterocycles. The zero-order valence-corrected chi connectivity index (χ0v) is 17.6. The van der Waals surface area contributed by atoms with Crippen molar-refractivity contribution < 1.29 is 14.6 Å². The van der Waals surface area contributed by atoms with Crippen LogP contribution in [0.25, 0.3) is 0 Å². The van der Waals surface area contributed by atoms with Gasteiger partial charge in [0.15, 0.2) is 5.84 Å². The Morgan fingerprint density at radius 2 is 1.84 bits per heavy atom. The van der Waals surface area contributed by atoms with Crippen molar-refractivity contribution in [3.8, 4) is 0 Å². The van der Waals surface area contributed by atoms with E-state index < -0.39 is 16.7 Å². The van der Waals surface area contributed by atoms with E-state index in [9.17, 15) is 14.9 Å². The predicted molar refractivity (Wildman–Crippen MR) is 119 cm³/mol. The summed E-state index contributed by atoms with van der Waals surface area (Å²) in [7, 11) is 0. The second-order valence-corrected chi connectivity index (χ2v) is 7.98. The number of amides is 1. The van der Waals surface area contributed by atoms with Crippen molar-refractivity contribution in [3.63, 3.8) is 0 Å². The third kappa shape index (κ3) is 2.91. The fourth-order valence-electron chi connectivity index (χ4n) is 4.18. The lowest BCUT2D eigenvalue weighted by Gasteiger charge is -2.39. The number of nitrogens with one attached hydrogen (secondary N) is 1. The lowest BCUT2D eigenvalue weighted by molar-refractivity contribution is -0.384. The molecule has 1 amide bonds. The highest BCUT2D eigenvalue weighted by molar-refractivity contribution is 6.30. The van der Waals surface area contributed by atoms with E-state index in [1.807, 2.05) is 30.3 Å². The quantitative estimate of drug-likeness (QED) is 0.470. The summed E-state index contributed by atoms with van der Waals surface area (Å²) < 4.78 is 0. The number of fused-ring (bicyclic) bond motifs is 3. The average molecular weight is 449 g/mol. The van der Waals surface area contributed by atoms with Crippen molar-refractivity contribution in [2.24, 2.45) is 5.16 Å². The van der Waals surface area contributed by atoms with E-state index in [1.54, 1.807) is 42.2 Å². The molecule has 3 aromatic rings. The van der Waals surface area contributed by atoms with Crippen molar-refractivity contribution >= 4 is 34.7 Å². The molecule has 2 atom stereocenters. The minimum absolute atomic E-state index is 0.0404. The molecule has 32 heavy (non-hydrogen) atoms. The van der Waals surface area contributed by atoms with Gasteiger partial charge < -0.3 is 10.2 Å². The highest BCUT2D eigenvalue weighted by Gasteiger charge is 2.55. The first kappa shape index (κ1) is 20.0. The Morgan fingerprint density at radius 3 is 2.53 bits per heavy atom. The van der Waals surface area contributed by atoms with Gasteiger partial charge in [0.25, 0.3) is 11.4 Å². The number of non-ortho nitro benzene ring substituents is 1. The molecule has 0 spiro atoms. The molecule has 0 unspecified atom stereocenters. The topological polar surface area (TPSA) is 97.1 Å². The van der Waals surface area contributed by atoms with Crippen LogP contribution in [0.2, 0.25) is 5.02 Å². The van der Waals surface area contributed by atoms with Crippen LogP contribution in [0, 0.1) is 10.1 Å². The smallest absolute Gasteiger partial charge is 0.269 e. The fourth-order valence-corrected chi connectivity index (χ4v) is 4.35. The van der Waals surface area contributed by atoms with Crippen molar-refractivity contribution in [2.45, 2.75) is 18.7 Å². The van der Waals surface area contributed by atoms with Gasteiger partial charge in [-0.05, 0) is 37.3 Å². The second kappa shape index (κ2) is 7.35. The number of nitro groups is 1. The van der Waals surface area contributed by atoms with Crippen LogP contribution in [0.15, 0.2) is 78.0 Å². The Balaban J connectivity index is 1.75. The SMILES string of the molecule is C[C@H]1C(=O)Nc2ccc(Cl)cc2[C@@]2(c3ccccc3)ON=C(c3ccc([N+](=O)[O-])cc3)N12. The molecule has 2 aliphatic heterocycles. The van der Waals surface area contributed by atoms with Gasteiger partial charge in [0.2, 0.25) is 5.91 Å². The summed E-state index contributed by atoms with van der Waals surface area (Å²) >= 11 is 6.35. The number of nitrogens with zero attached hydrogens (tertiary/aromatic N) is 3. The molecule has 9 heteroatoms. The van der Waals surface area contributed by atoms with Crippen molar-refractivity contribution in [3.05, 3.63) is 105 Å². The number of benzene rings is 3. The van der Waals surface area contributed by atoms with E-state index in [-0.39, 0.29) is 11.6 Å². The zero-order valence-electron chi connectivity index (χ0n) is 16.9. The van der Waals surface area contributed by atoms with Crippen LogP contribution >= 0.6 is 11.6 Å². The second-order valence-electron chi connectivity index (χ2n) is 7.55. The van der Waals surface area contributed by atoms with E-state index in [1.165, 1.54) is 12.1 Å². The van der Waals surface area contributed by atoms with Gasteiger partial charge in [-0.3, -0.25) is 19.8 Å². The molecule has 2 heterocycles. The van der Waals surface area contributed by atoms with Gasteiger partial charge in [-0.1, -0.05) is 47.1 Å². The van der Waals surface area contributed by atoms with Crippen LogP contribution in [-0.4, -0.2) is 27.6 Å². The van der Waals surface area contributed by atoms with Crippen LogP contribution in [0.1, 0.15) is 23.6 Å². The van der Waals surface area contributed by atoms with Crippen molar-refractivity contribution in [2.75, 3.05) is 5.32 Å². The van der Waals surface area contributed by atoms with Crippen LogP contribution < -0.4 is 5.32 Å². The summed E-state index contributed by atoms with van der Waals surface area (Å²) in [6, 6.07) is 19.9. The molecule has 0 saturated carbocycles. The van der Waals surface area contributed by atoms with Crippen LogP contribution in [0.5, 0.6) is 0 Å². The maximum Gasteiger partial charge on any atom is 0.269 e. The maximum absolute atomic E-state index is 13.1. The third-order valence-electron chi connectivity index (χ3n) is 5.70. The molecule has 0 saturated heterocycles. The summed E-state index contributed by atoms with van der Waals surface area (Å²) in [5, 5.41) is 18.9. The van der Waals surface area contributed by atoms with E-state index in [2.05, 4.69) is 10.5 Å². The molecule has 8 nitrogen and oxygen atoms in total. The first-order chi connectivity index (χ1) is 15.4. The van der Waals surface area contributed by atoms with E-state index in [0.717, 1.165) is 5.56 Å². The van der Waals surface area contributed by atoms with Gasteiger partial charge in [-0.15, -0.1) is 0 Å². The van der Waals surface area contributed by atoms with Crippen LogP contribution in [0.3, 0.4) is 0 Å². The highest BCUT2D eigenvalue weighted by atomic mass is 35.5. The molecular weight excluding hydrogens is 432 g/mol. The first-order valence-electron chi connectivity index (χ1n) is 9.88. The van der Waals surface area contributed by atoms with E-state index >= 15 is 0 Å². The largest absolute Gasteiger partial charge is 0.355 e. The third-order valence-corrected chi connectivity index (χ3v) is 5.94. The van der Waals surface area contributed by atoms with E-state index in [0.29, 0.717) is 27.7 Å². The predicted octanol–water partition coefficient (Wildman–Crippen LogP) is 4.48. The maximum atomic E-state index is 13.1. The Labute approximate surface area is 188 Å². The molecule has 1 N–H and O–H groups in total. The number of hydrogen-bond donors (Lipinski definition) is 1. The summed E-state index contributed by atoms with van der Waals surface area (Å²) in [5.74, 6) is 0.144. The number of carbonyl (C=O) groups excluding carboxylic acids is 1. The lowest BCUT2D eigenvalue weighted by atomic mass is 9.90. The van der Waals surface area contributed by atoms with Crippen LogP contribution in [0.4, 0.5) is 11.4 Å². The summed E-state index contributed by atoms with van der Waals surface area (Å²) in [4.78, 5) is 31.7. The summed E-state index contributed by atoms with van der Waals surface area (Å²) in [6.45, 7) is 1.76. The number of hydrogen-bond acceptors (Lipinski definition) is 6. The van der Waals surface area contributed by atoms with Crippen LogP contribution in [-0.2, 0) is 15.4 Å². The average Bonchev–Trinajstić information content (AvgIpc) is 3.18. The van der Waals surface area contributed by atoms with Crippen molar-refractivity contribution in [1.82, 2.24) is 4.90 Å². The number of oxime groups is 1. The fraction of sp³-hybridized carbons (Fsp3) is 0.130. The number of rotatable bonds is 3. The minimum Gasteiger partial charge on any atom is -0.355 e. The molecule has 160 valence electrons. The molecule has 0 radical (unpaired) electrons. The Hall–Kier alpha value is -3.91. The molecular formula is C23H17ClN4O4. The number of amidine groups is 1. The summed E-state index contributed by atoms with van der Waals surface area (Å²) in [5.41, 5.74) is 1.23. The molecule has 5 rings (SSSR count). The van der Waals surface area contributed by atoms with Gasteiger partial charge in [0, 0.05) is 33.8 Å². The Bertz CT molecular complexity index is 1260. The molecule has 3 aromatic carbocycles. The monoisotopic (exact) mass is 448 g/mol. The molecule has 0 bridgehead atoms. The van der Waals surface area contributed by atoms with E-state index in [4.69, 9.17) is 16.4 Å². The highest BCUT2D eigenvalue weighted by Crippen LogP contribution is 2.48. The standard InChI is InChI=1S/C23H17ClN4O4/c1-14-22(29)25-20-12-9-17(24)13-19(20)23(16-5-3-2-4-6-16)27(14)21(26-32-23)15-7-10-18(11-8-15)28(30)31/h2-14H,1H3,(H,25,29)/t14-,23+/m0/s1. The van der Waals surface area contributed by atoms with Gasteiger partial charge in [0.05, 0.1) is 10.6 Å². The molecule has 0 aliphatic carbocycles. The number of halogens is 1. The summed E-state index contributed by atoms with van der Waals surface area (Å²) in [6.07, 6.45) is 0. The number of nitro benzene ring substituents is 1. The zero-order chi connectivity index (χ0) is 22.5. The van der Waals surface area contributed by atoms with Gasteiger partial charge >= 0.3 is 0 Å². The van der Waals surface area contributed by atoms with Gasteiger partial charge in [0.1, 0.15) is 6.04 Å². The number of carbonyl (C=O) groups is 1. The first-order valence-corrected chi connectivity index (χ1v) is 10.3. The van der Waals surface area contributed by atoms with Gasteiger partial charge in [-0.2, -0.15) is 0 Å². The van der Waals surface area contributed by atoms with Gasteiger partial charge in [-0.25, -0.2) is 0 Å². The number of anilines is 1. The lowest BCUT2D eigenvalue weighted by Crippen LogP contribution is -2.53. The molecule has 2 aliphatic rings. The minimum atomic E-state index is -1.27. The van der Waals surface area contributed by atoms with Crippen molar-refractivity contribution in [1.29, 1.82) is 0 Å².